The van der Waals surface area contributed by atoms with Crippen LogP contribution in [0.1, 0.15) is 26.2 Å². The molecule has 0 unspecified atom stereocenters. The Morgan fingerprint density at radius 2 is 2.03 bits per heavy atom. The topological polar surface area (TPSA) is 90.2 Å². The first-order chi connectivity index (χ1) is 15.3. The monoisotopic (exact) mass is 481 g/mol. The van der Waals surface area contributed by atoms with E-state index in [0.717, 1.165) is 30.9 Å². The number of rotatable bonds is 8. The summed E-state index contributed by atoms with van der Waals surface area (Å²) in [4.78, 5) is 13.4. The van der Waals surface area contributed by atoms with Crippen molar-refractivity contribution in [3.05, 3.63) is 54.8 Å². The van der Waals surface area contributed by atoms with Crippen molar-refractivity contribution < 1.29 is 28.1 Å². The van der Waals surface area contributed by atoms with Crippen molar-refractivity contribution in [1.82, 2.24) is 0 Å². The van der Waals surface area contributed by atoms with E-state index in [0.29, 0.717) is 23.5 Å². The molecule has 2 aromatic rings. The lowest BCUT2D eigenvalue weighted by atomic mass is 10.0. The molecule has 9 heteroatoms. The van der Waals surface area contributed by atoms with Gasteiger partial charge in [-0.05, 0) is 30.9 Å². The van der Waals surface area contributed by atoms with Crippen molar-refractivity contribution in [2.75, 3.05) is 17.7 Å². The van der Waals surface area contributed by atoms with Gasteiger partial charge in [0.15, 0.2) is 5.50 Å². The Morgan fingerprint density at radius 3 is 2.66 bits per heavy atom. The van der Waals surface area contributed by atoms with Crippen LogP contribution in [0.3, 0.4) is 0 Å². The van der Waals surface area contributed by atoms with Crippen LogP contribution >= 0.6 is 22.4 Å². The largest absolute Gasteiger partial charge is 0.478 e. The van der Waals surface area contributed by atoms with Crippen LogP contribution in [0, 0.1) is 5.92 Å². The van der Waals surface area contributed by atoms with Crippen LogP contribution in [-0.4, -0.2) is 38.5 Å². The van der Waals surface area contributed by atoms with E-state index in [4.69, 9.17) is 9.84 Å². The molecule has 2 aromatic carbocycles. The smallest absolute Gasteiger partial charge is 0.331 e. The van der Waals surface area contributed by atoms with E-state index < -0.39 is 28.0 Å². The molecule has 0 spiro atoms. The summed E-state index contributed by atoms with van der Waals surface area (Å²) in [7, 11) is -3.80. The zero-order chi connectivity index (χ0) is 23.3. The van der Waals surface area contributed by atoms with E-state index in [-0.39, 0.29) is 10.6 Å². The van der Waals surface area contributed by atoms with Gasteiger partial charge in [0.2, 0.25) is 0 Å². The summed E-state index contributed by atoms with van der Waals surface area (Å²) in [6.07, 6.45) is 5.88. The number of anilines is 2. The molecule has 1 heterocycles. The summed E-state index contributed by atoms with van der Waals surface area (Å²) >= 11 is 1.37. The van der Waals surface area contributed by atoms with E-state index in [2.05, 4.69) is 0 Å². The molecular weight excluding hydrogens is 453 g/mol. The van der Waals surface area contributed by atoms with Gasteiger partial charge in [0.05, 0.1) is 27.8 Å². The summed E-state index contributed by atoms with van der Waals surface area (Å²) < 4.78 is 43.2. The van der Waals surface area contributed by atoms with Gasteiger partial charge >= 0.3 is 5.97 Å². The van der Waals surface area contributed by atoms with Gasteiger partial charge in [-0.3, -0.25) is 9.11 Å². The van der Waals surface area contributed by atoms with Gasteiger partial charge in [0.25, 0.3) is 0 Å². The van der Waals surface area contributed by atoms with Gasteiger partial charge in [-0.15, -0.1) is 22.4 Å². The number of unbranched alkanes of at least 4 members (excludes halogenated alkanes) is 1. The van der Waals surface area contributed by atoms with Crippen LogP contribution in [0.5, 0.6) is 5.75 Å². The second kappa shape index (κ2) is 10.6. The van der Waals surface area contributed by atoms with Crippen molar-refractivity contribution in [2.45, 2.75) is 41.5 Å². The van der Waals surface area contributed by atoms with Crippen molar-refractivity contribution in [3.8, 4) is 5.75 Å². The number of benzene rings is 2. The van der Waals surface area contributed by atoms with Crippen LogP contribution in [-0.2, 0) is 4.79 Å². The number of para-hydroxylation sites is 1. The van der Waals surface area contributed by atoms with Crippen LogP contribution in [0.25, 0.3) is 0 Å². The fourth-order valence-corrected chi connectivity index (χ4v) is 6.04. The Morgan fingerprint density at radius 1 is 1.31 bits per heavy atom. The Hall–Kier alpha value is -2.20. The highest BCUT2D eigenvalue weighted by Gasteiger charge is 2.42. The molecule has 32 heavy (non-hydrogen) atoms. The zero-order valence-electron chi connectivity index (χ0n) is 18.0. The number of hydrogen-bond donors (Lipinski definition) is 3. The summed E-state index contributed by atoms with van der Waals surface area (Å²) in [5.41, 5.74) is -0.494. The zero-order valence-corrected chi connectivity index (χ0v) is 19.6. The molecule has 3 N–H and O–H groups in total. The third-order valence-corrected chi connectivity index (χ3v) is 8.11. The van der Waals surface area contributed by atoms with E-state index in [9.17, 15) is 13.9 Å². The molecule has 0 aliphatic carbocycles. The molecule has 0 aromatic heterocycles. The molecule has 0 fully saturated rings. The molecule has 0 amide bonds. The van der Waals surface area contributed by atoms with E-state index in [1.807, 2.05) is 48.4 Å². The second-order valence-electron chi connectivity index (χ2n) is 7.52. The number of fused-ring (bicyclic) bond motifs is 1. The lowest BCUT2D eigenvalue weighted by molar-refractivity contribution is -0.131. The van der Waals surface area contributed by atoms with Crippen molar-refractivity contribution in [3.63, 3.8) is 0 Å². The van der Waals surface area contributed by atoms with Gasteiger partial charge < -0.3 is 14.7 Å². The normalized spacial score (nSPS) is 21.1. The standard InChI is InChI=1S/C23H28FNO5S2/c1-3-4-8-16-15-25(17-9-6-5-7-10-17)18-13-20(31-2)19(30-12-11-22(26)27)14-21(18)32(28,29)23(16)24/h5-7,9-14,16,23,28-29H,3-4,8,15H2,1-2H3,(H,26,27)/b12-11+/t16-,23+/m0/s1. The number of carboxylic acids is 1. The lowest BCUT2D eigenvalue weighted by Gasteiger charge is -2.37. The Kier molecular flexibility index (Phi) is 8.10. The molecule has 6 nitrogen and oxygen atoms in total. The Labute approximate surface area is 193 Å². The van der Waals surface area contributed by atoms with Crippen molar-refractivity contribution >= 4 is 39.7 Å². The van der Waals surface area contributed by atoms with E-state index >= 15 is 4.39 Å². The van der Waals surface area contributed by atoms with E-state index in [1.165, 1.54) is 17.8 Å². The quantitative estimate of drug-likeness (QED) is 0.218. The maximum atomic E-state index is 15.6. The third-order valence-electron chi connectivity index (χ3n) is 5.36. The minimum absolute atomic E-state index is 0.0596. The molecule has 3 rings (SSSR count). The van der Waals surface area contributed by atoms with Crippen molar-refractivity contribution in [2.24, 2.45) is 5.92 Å². The minimum Gasteiger partial charge on any atom is -0.478 e. The number of halogens is 1. The molecule has 0 bridgehead atoms. The van der Waals surface area contributed by atoms with Gasteiger partial charge in [-0.2, -0.15) is 0 Å². The maximum Gasteiger partial charge on any atom is 0.331 e. The number of alkyl halides is 1. The molecule has 1 aliphatic heterocycles. The molecular formula is C23H28FNO5S2. The summed E-state index contributed by atoms with van der Waals surface area (Å²) in [6, 6.07) is 12.6. The van der Waals surface area contributed by atoms with Crippen LogP contribution in [0.15, 0.2) is 64.6 Å². The average molecular weight is 482 g/mol. The summed E-state index contributed by atoms with van der Waals surface area (Å²) in [5, 5.41) is 8.82. The molecule has 0 radical (unpaired) electrons. The number of carbonyl (C=O) groups is 1. The highest BCUT2D eigenvalue weighted by molar-refractivity contribution is 8.24. The number of hydrogen-bond acceptors (Lipinski definition) is 6. The van der Waals surface area contributed by atoms with Gasteiger partial charge in [0, 0.05) is 24.2 Å². The third kappa shape index (κ3) is 5.23. The lowest BCUT2D eigenvalue weighted by Crippen LogP contribution is -2.30. The van der Waals surface area contributed by atoms with Gasteiger partial charge in [-0.25, -0.2) is 9.18 Å². The van der Waals surface area contributed by atoms with Gasteiger partial charge in [-0.1, -0.05) is 38.0 Å². The van der Waals surface area contributed by atoms with Crippen LogP contribution < -0.4 is 9.64 Å². The fourth-order valence-electron chi connectivity index (χ4n) is 3.75. The molecule has 0 saturated heterocycles. The molecule has 2 atom stereocenters. The Balaban J connectivity index is 2.17. The summed E-state index contributed by atoms with van der Waals surface area (Å²) in [6.45, 7) is 2.33. The highest BCUT2D eigenvalue weighted by Crippen LogP contribution is 2.63. The predicted molar refractivity (Wildman–Crippen MR) is 128 cm³/mol. The maximum absolute atomic E-state index is 15.6. The number of carboxylic acid groups (broad SMARTS) is 1. The number of thioether (sulfide) groups is 1. The van der Waals surface area contributed by atoms with Gasteiger partial charge in [0.1, 0.15) is 5.75 Å². The number of ether oxygens (including phenoxy) is 1. The van der Waals surface area contributed by atoms with E-state index in [1.54, 1.807) is 6.07 Å². The first-order valence-corrected chi connectivity index (χ1v) is 13.1. The SMILES string of the molecule is CCCC[C@H]1CN(c2ccccc2)c2cc(SC)c(O/C=C/C(=O)O)cc2S(O)(O)[C@H]1F. The summed E-state index contributed by atoms with van der Waals surface area (Å²) in [5.74, 6) is -1.50. The Bertz CT molecular complexity index is 970. The molecule has 0 saturated carbocycles. The minimum atomic E-state index is -3.80. The number of aliphatic carboxylic acids is 1. The highest BCUT2D eigenvalue weighted by atomic mass is 32.3. The number of nitrogens with zero attached hydrogens (tertiary/aromatic N) is 1. The second-order valence-corrected chi connectivity index (χ2v) is 10.4. The van der Waals surface area contributed by atoms with Crippen molar-refractivity contribution in [1.29, 1.82) is 0 Å². The van der Waals surface area contributed by atoms with Crippen LogP contribution in [0.4, 0.5) is 15.8 Å². The fraction of sp³-hybridized carbons (Fsp3) is 0.348. The molecule has 1 aliphatic rings. The molecule has 174 valence electrons. The predicted octanol–water partition coefficient (Wildman–Crippen LogP) is 6.75. The average Bonchev–Trinajstić information content (AvgIpc) is 2.86. The first-order valence-electron chi connectivity index (χ1n) is 10.3. The first kappa shape index (κ1) is 24.4. The van der Waals surface area contributed by atoms with Crippen LogP contribution in [0.2, 0.25) is 0 Å².